The van der Waals surface area contributed by atoms with Crippen LogP contribution in [0.25, 0.3) is 0 Å². The summed E-state index contributed by atoms with van der Waals surface area (Å²) in [6.07, 6.45) is 3.72. The number of rotatable bonds is 0. The highest BCUT2D eigenvalue weighted by molar-refractivity contribution is 14.1. The molecule has 0 spiro atoms. The van der Waals surface area contributed by atoms with Gasteiger partial charge in [-0.1, -0.05) is 0 Å². The van der Waals surface area contributed by atoms with Crippen LogP contribution in [0.15, 0.2) is 12.4 Å². The van der Waals surface area contributed by atoms with Gasteiger partial charge in [0, 0.05) is 24.2 Å². The van der Waals surface area contributed by atoms with E-state index in [-0.39, 0.29) is 0 Å². The first-order valence-electron chi connectivity index (χ1n) is 1.82. The summed E-state index contributed by atoms with van der Waals surface area (Å²) in [5.74, 6) is 0. The maximum atomic E-state index is 5.51. The van der Waals surface area contributed by atoms with E-state index in [4.69, 9.17) is 11.8 Å². The van der Waals surface area contributed by atoms with Gasteiger partial charge in [-0.3, -0.25) is 4.42 Å². The third-order valence-electron chi connectivity index (χ3n) is 0.660. The van der Waals surface area contributed by atoms with Gasteiger partial charge in [0.1, 0.15) is 6.67 Å². The minimum absolute atomic E-state index is 0.780. The smallest absolute Gasteiger partial charge is 0.114 e. The average Bonchev–Trinajstić information content (AvgIpc) is 1.87. The van der Waals surface area contributed by atoms with Crippen LogP contribution in [-0.4, -0.2) is 14.2 Å². The van der Waals surface area contributed by atoms with Gasteiger partial charge in [-0.2, -0.15) is 0 Å². The second-order valence-corrected chi connectivity index (χ2v) is 2.91. The van der Waals surface area contributed by atoms with Gasteiger partial charge in [-0.15, -0.1) is 0 Å². The molecular weight excluding hydrogens is 226 g/mol. The van der Waals surface area contributed by atoms with E-state index < -0.39 is 0 Å². The van der Waals surface area contributed by atoms with Crippen molar-refractivity contribution in [2.75, 3.05) is 6.67 Å². The standard InChI is InChI=1S/C3H4ClIN2/c4-6-1-2-7(5)3-6/h1-2H,3H2. The molecule has 7 heavy (non-hydrogen) atoms. The largest absolute Gasteiger partial charge is 0.300 e. The van der Waals surface area contributed by atoms with Crippen LogP contribution in [0, 0.1) is 0 Å². The maximum absolute atomic E-state index is 5.51. The molecule has 0 unspecified atom stereocenters. The minimum atomic E-state index is 0.780. The van der Waals surface area contributed by atoms with Gasteiger partial charge in [0.15, 0.2) is 0 Å². The molecule has 1 aliphatic rings. The van der Waals surface area contributed by atoms with E-state index in [1.807, 2.05) is 15.5 Å². The van der Waals surface area contributed by atoms with Crippen LogP contribution in [0.4, 0.5) is 0 Å². The van der Waals surface area contributed by atoms with E-state index in [0.717, 1.165) is 6.67 Å². The summed E-state index contributed by atoms with van der Waals surface area (Å²) in [7, 11) is 0. The average molecular weight is 230 g/mol. The fraction of sp³-hybridized carbons (Fsp3) is 0.333. The monoisotopic (exact) mass is 230 g/mol. The Hall–Kier alpha value is 0.360. The molecule has 0 saturated carbocycles. The van der Waals surface area contributed by atoms with Gasteiger partial charge >= 0.3 is 0 Å². The van der Waals surface area contributed by atoms with E-state index in [1.165, 1.54) is 0 Å². The molecule has 40 valence electrons. The second kappa shape index (κ2) is 2.09. The molecule has 0 saturated heterocycles. The van der Waals surface area contributed by atoms with E-state index >= 15 is 0 Å². The highest BCUT2D eigenvalue weighted by Crippen LogP contribution is 2.11. The summed E-state index contributed by atoms with van der Waals surface area (Å²) < 4.78 is 3.55. The molecule has 0 aromatic rings. The highest BCUT2D eigenvalue weighted by atomic mass is 127. The third-order valence-corrected chi connectivity index (χ3v) is 1.51. The fourth-order valence-electron chi connectivity index (χ4n) is 0.368. The van der Waals surface area contributed by atoms with Gasteiger partial charge in [0.2, 0.25) is 0 Å². The molecule has 1 aliphatic heterocycles. The van der Waals surface area contributed by atoms with Crippen LogP contribution >= 0.6 is 34.6 Å². The van der Waals surface area contributed by atoms with E-state index in [9.17, 15) is 0 Å². The van der Waals surface area contributed by atoms with Crippen molar-refractivity contribution in [2.45, 2.75) is 0 Å². The highest BCUT2D eigenvalue weighted by Gasteiger charge is 2.04. The van der Waals surface area contributed by atoms with Crippen molar-refractivity contribution < 1.29 is 0 Å². The van der Waals surface area contributed by atoms with E-state index in [1.54, 1.807) is 4.42 Å². The molecule has 1 rings (SSSR count). The Bertz CT molecular complexity index is 84.9. The van der Waals surface area contributed by atoms with Crippen molar-refractivity contribution in [1.82, 2.24) is 7.53 Å². The zero-order valence-electron chi connectivity index (χ0n) is 3.51. The normalized spacial score (nSPS) is 19.1. The lowest BCUT2D eigenvalue weighted by molar-refractivity contribution is 0.533. The van der Waals surface area contributed by atoms with Crippen LogP contribution in [0.3, 0.4) is 0 Å². The van der Waals surface area contributed by atoms with Crippen LogP contribution in [-0.2, 0) is 0 Å². The molecule has 0 N–H and O–H groups in total. The summed E-state index contributed by atoms with van der Waals surface area (Å²) in [5, 5.41) is 0. The predicted octanol–water partition coefficient (Wildman–Crippen LogP) is 1.54. The summed E-state index contributed by atoms with van der Waals surface area (Å²) in [4.78, 5) is 0. The van der Waals surface area contributed by atoms with E-state index in [2.05, 4.69) is 22.9 Å². The van der Waals surface area contributed by atoms with Crippen LogP contribution in [0.5, 0.6) is 0 Å². The molecule has 0 radical (unpaired) electrons. The maximum Gasteiger partial charge on any atom is 0.114 e. The first-order chi connectivity index (χ1) is 3.29. The second-order valence-electron chi connectivity index (χ2n) is 1.24. The Morgan fingerprint density at radius 1 is 1.57 bits per heavy atom. The summed E-state index contributed by atoms with van der Waals surface area (Å²) >= 11 is 7.67. The SMILES string of the molecule is ClN1C=CN(I)C1. The lowest BCUT2D eigenvalue weighted by atomic mass is 11.0. The summed E-state index contributed by atoms with van der Waals surface area (Å²) in [6.45, 7) is 0.780. The van der Waals surface area contributed by atoms with Gasteiger partial charge in [-0.05, 0) is 0 Å². The minimum Gasteiger partial charge on any atom is -0.300 e. The molecule has 0 atom stereocenters. The van der Waals surface area contributed by atoms with Crippen molar-refractivity contribution in [3.8, 4) is 0 Å². The molecule has 0 aromatic heterocycles. The van der Waals surface area contributed by atoms with Crippen molar-refractivity contribution >= 4 is 34.6 Å². The number of hydrogen-bond acceptors (Lipinski definition) is 2. The number of hydrogen-bond donors (Lipinski definition) is 0. The Balaban J connectivity index is 2.42. The molecule has 4 heteroatoms. The molecule has 0 aliphatic carbocycles. The molecule has 1 heterocycles. The summed E-state index contributed by atoms with van der Waals surface area (Å²) in [6, 6.07) is 0. The Kier molecular flexibility index (Phi) is 1.64. The van der Waals surface area contributed by atoms with Crippen molar-refractivity contribution in [3.63, 3.8) is 0 Å². The van der Waals surface area contributed by atoms with Gasteiger partial charge < -0.3 is 3.11 Å². The zero-order valence-corrected chi connectivity index (χ0v) is 6.43. The zero-order chi connectivity index (χ0) is 5.28. The topological polar surface area (TPSA) is 6.48 Å². The first-order valence-corrected chi connectivity index (χ1v) is 3.12. The lowest BCUT2D eigenvalue weighted by Crippen LogP contribution is -2.08. The third kappa shape index (κ3) is 1.38. The molecule has 0 bridgehead atoms. The first kappa shape index (κ1) is 5.50. The van der Waals surface area contributed by atoms with Gasteiger partial charge in [-0.25, -0.2) is 0 Å². The molecule has 0 aromatic carbocycles. The van der Waals surface area contributed by atoms with Crippen LogP contribution < -0.4 is 0 Å². The number of nitrogens with zero attached hydrogens (tertiary/aromatic N) is 2. The quantitative estimate of drug-likeness (QED) is 0.460. The Morgan fingerprint density at radius 2 is 2.29 bits per heavy atom. The van der Waals surface area contributed by atoms with Crippen molar-refractivity contribution in [2.24, 2.45) is 0 Å². The number of halogens is 2. The van der Waals surface area contributed by atoms with Crippen molar-refractivity contribution in [1.29, 1.82) is 0 Å². The van der Waals surface area contributed by atoms with Crippen LogP contribution in [0.1, 0.15) is 0 Å². The van der Waals surface area contributed by atoms with E-state index in [0.29, 0.717) is 0 Å². The molecule has 0 amide bonds. The predicted molar refractivity (Wildman–Crippen MR) is 37.6 cm³/mol. The van der Waals surface area contributed by atoms with Crippen molar-refractivity contribution in [3.05, 3.63) is 12.4 Å². The van der Waals surface area contributed by atoms with Gasteiger partial charge in [0.25, 0.3) is 0 Å². The van der Waals surface area contributed by atoms with Gasteiger partial charge in [0.05, 0.1) is 22.9 Å². The van der Waals surface area contributed by atoms with Crippen LogP contribution in [0.2, 0.25) is 0 Å². The Labute approximate surface area is 61.3 Å². The summed E-state index contributed by atoms with van der Waals surface area (Å²) in [5.41, 5.74) is 0. The fourth-order valence-corrected chi connectivity index (χ4v) is 1.19. The molecule has 0 fully saturated rings. The Morgan fingerprint density at radius 3 is 2.43 bits per heavy atom. The molecule has 2 nitrogen and oxygen atoms in total. The molecular formula is C3H4ClIN2. The lowest BCUT2D eigenvalue weighted by Gasteiger charge is -2.05.